The molecular weight excluding hydrogens is 249 g/mol. The molecule has 2 rings (SSSR count). The fourth-order valence-electron chi connectivity index (χ4n) is 1.55. The molecular formula is C11H9Cl2NO2. The Kier molecular flexibility index (Phi) is 3.49. The Morgan fingerprint density at radius 3 is 2.88 bits per heavy atom. The number of rotatable bonds is 3. The molecule has 16 heavy (non-hydrogen) atoms. The van der Waals surface area contributed by atoms with Crippen molar-refractivity contribution in [3.8, 4) is 5.75 Å². The number of fused-ring (bicyclic) bond motifs is 1. The summed E-state index contributed by atoms with van der Waals surface area (Å²) in [5.74, 6) is 0.683. The van der Waals surface area contributed by atoms with Gasteiger partial charge in [0.25, 0.3) is 0 Å². The van der Waals surface area contributed by atoms with Crippen LogP contribution in [0.15, 0.2) is 24.4 Å². The first-order chi connectivity index (χ1) is 7.76. The Bertz CT molecular complexity index is 517. The molecule has 0 saturated carbocycles. The summed E-state index contributed by atoms with van der Waals surface area (Å²) < 4.78 is 9.81. The normalized spacial score (nSPS) is 10.7. The number of hydrogen-bond acceptors (Lipinski definition) is 3. The first-order valence-corrected chi connectivity index (χ1v) is 5.29. The Morgan fingerprint density at radius 2 is 2.19 bits per heavy atom. The quantitative estimate of drug-likeness (QED) is 0.843. The smallest absolute Gasteiger partial charge is 0.126 e. The summed E-state index contributed by atoms with van der Waals surface area (Å²) in [4.78, 5) is 4.21. The minimum atomic E-state index is 0.256. The fourth-order valence-corrected chi connectivity index (χ4v) is 1.87. The van der Waals surface area contributed by atoms with Crippen molar-refractivity contribution < 1.29 is 9.03 Å². The largest absolute Gasteiger partial charge is 0.496 e. The lowest BCUT2D eigenvalue weighted by Crippen LogP contribution is -1.93. The third-order valence-corrected chi connectivity index (χ3v) is 2.74. The lowest BCUT2D eigenvalue weighted by atomic mass is 10.1. The minimum Gasteiger partial charge on any atom is -0.496 e. The van der Waals surface area contributed by atoms with E-state index >= 15 is 0 Å². The number of benzene rings is 1. The predicted octanol–water partition coefficient (Wildman–Crippen LogP) is 3.57. The van der Waals surface area contributed by atoms with Crippen LogP contribution in [0.25, 0.3) is 10.9 Å². The zero-order valence-corrected chi connectivity index (χ0v) is 10.0. The summed E-state index contributed by atoms with van der Waals surface area (Å²) in [6.45, 7) is 0.256. The van der Waals surface area contributed by atoms with Crippen molar-refractivity contribution in [1.29, 1.82) is 0 Å². The van der Waals surface area contributed by atoms with E-state index in [1.165, 1.54) is 0 Å². The molecule has 0 spiro atoms. The number of pyridine rings is 1. The number of aromatic nitrogens is 1. The van der Waals surface area contributed by atoms with E-state index in [2.05, 4.69) is 9.27 Å². The number of methoxy groups -OCH3 is 1. The molecule has 0 unspecified atom stereocenters. The molecule has 0 saturated heterocycles. The summed E-state index contributed by atoms with van der Waals surface area (Å²) in [5.41, 5.74) is 1.61. The maximum atomic E-state index is 6.07. The fraction of sp³-hybridized carbons (Fsp3) is 0.182. The van der Waals surface area contributed by atoms with Gasteiger partial charge >= 0.3 is 0 Å². The molecule has 0 atom stereocenters. The van der Waals surface area contributed by atoms with Crippen LogP contribution < -0.4 is 4.74 Å². The van der Waals surface area contributed by atoms with Gasteiger partial charge in [-0.15, -0.1) is 0 Å². The van der Waals surface area contributed by atoms with Gasteiger partial charge in [0.15, 0.2) is 0 Å². The van der Waals surface area contributed by atoms with Crippen LogP contribution >= 0.6 is 23.5 Å². The summed E-state index contributed by atoms with van der Waals surface area (Å²) >= 11 is 11.3. The lowest BCUT2D eigenvalue weighted by Gasteiger charge is -2.09. The van der Waals surface area contributed by atoms with E-state index in [1.54, 1.807) is 19.4 Å². The number of halogens is 2. The SMILES string of the molecule is COc1cc2nccc(Cl)c2cc1COCl. The molecule has 2 aromatic rings. The van der Waals surface area contributed by atoms with Crippen molar-refractivity contribution in [2.75, 3.05) is 7.11 Å². The summed E-state index contributed by atoms with van der Waals surface area (Å²) in [5, 5.41) is 1.50. The Morgan fingerprint density at radius 1 is 1.38 bits per heavy atom. The second kappa shape index (κ2) is 4.87. The van der Waals surface area contributed by atoms with Gasteiger partial charge in [-0.1, -0.05) is 11.6 Å². The molecule has 0 aliphatic carbocycles. The lowest BCUT2D eigenvalue weighted by molar-refractivity contribution is 0.326. The number of ether oxygens (including phenoxy) is 1. The molecule has 0 bridgehead atoms. The maximum Gasteiger partial charge on any atom is 0.126 e. The highest BCUT2D eigenvalue weighted by Gasteiger charge is 2.08. The van der Waals surface area contributed by atoms with E-state index in [1.807, 2.05) is 12.1 Å². The van der Waals surface area contributed by atoms with E-state index in [0.29, 0.717) is 10.8 Å². The molecule has 84 valence electrons. The average molecular weight is 258 g/mol. The van der Waals surface area contributed by atoms with Crippen molar-refractivity contribution in [1.82, 2.24) is 4.98 Å². The molecule has 0 aliphatic heterocycles. The van der Waals surface area contributed by atoms with Crippen molar-refractivity contribution in [2.24, 2.45) is 0 Å². The van der Waals surface area contributed by atoms with E-state index in [0.717, 1.165) is 16.5 Å². The van der Waals surface area contributed by atoms with Crippen molar-refractivity contribution >= 4 is 34.4 Å². The third-order valence-electron chi connectivity index (χ3n) is 2.30. The molecule has 1 heterocycles. The van der Waals surface area contributed by atoms with Gasteiger partial charge in [0, 0.05) is 23.2 Å². The van der Waals surface area contributed by atoms with Gasteiger partial charge in [-0.05, 0) is 12.1 Å². The first kappa shape index (κ1) is 11.5. The maximum absolute atomic E-state index is 6.07. The van der Waals surface area contributed by atoms with Gasteiger partial charge in [-0.25, -0.2) is 0 Å². The second-order valence-electron chi connectivity index (χ2n) is 3.23. The third kappa shape index (κ3) is 2.07. The van der Waals surface area contributed by atoms with Crippen LogP contribution in [0.1, 0.15) is 5.56 Å². The standard InChI is InChI=1S/C11H9Cl2NO2/c1-15-11-5-10-8(4-7(11)6-16-13)9(12)2-3-14-10/h2-5H,6H2,1H3. The van der Waals surface area contributed by atoms with Crippen LogP contribution in [-0.2, 0) is 10.9 Å². The molecule has 0 radical (unpaired) electrons. The van der Waals surface area contributed by atoms with Gasteiger partial charge in [0.1, 0.15) is 5.75 Å². The summed E-state index contributed by atoms with van der Waals surface area (Å²) in [6, 6.07) is 5.42. The van der Waals surface area contributed by atoms with Gasteiger partial charge in [-0.3, -0.25) is 9.27 Å². The van der Waals surface area contributed by atoms with Crippen LogP contribution in [-0.4, -0.2) is 12.1 Å². The highest BCUT2D eigenvalue weighted by molar-refractivity contribution is 6.35. The highest BCUT2D eigenvalue weighted by Crippen LogP contribution is 2.29. The van der Waals surface area contributed by atoms with Crippen LogP contribution in [0.4, 0.5) is 0 Å². The second-order valence-corrected chi connectivity index (χ2v) is 3.85. The summed E-state index contributed by atoms with van der Waals surface area (Å²) in [7, 11) is 1.59. The zero-order valence-electron chi connectivity index (χ0n) is 8.54. The number of nitrogens with zero attached hydrogens (tertiary/aromatic N) is 1. The first-order valence-electron chi connectivity index (χ1n) is 4.61. The molecule has 0 fully saturated rings. The zero-order chi connectivity index (χ0) is 11.5. The van der Waals surface area contributed by atoms with Gasteiger partial charge in [-0.2, -0.15) is 0 Å². The van der Waals surface area contributed by atoms with Crippen LogP contribution in [0.5, 0.6) is 5.75 Å². The molecule has 1 aromatic heterocycles. The van der Waals surface area contributed by atoms with E-state index in [-0.39, 0.29) is 6.61 Å². The molecule has 0 amide bonds. The van der Waals surface area contributed by atoms with Crippen LogP contribution in [0.3, 0.4) is 0 Å². The average Bonchev–Trinajstić information content (AvgIpc) is 2.30. The Balaban J connectivity index is 2.65. The molecule has 0 aliphatic rings. The number of hydrogen-bond donors (Lipinski definition) is 0. The van der Waals surface area contributed by atoms with Gasteiger partial charge in [0.2, 0.25) is 0 Å². The highest BCUT2D eigenvalue weighted by atomic mass is 35.5. The van der Waals surface area contributed by atoms with Crippen molar-refractivity contribution in [2.45, 2.75) is 6.61 Å². The van der Waals surface area contributed by atoms with Crippen molar-refractivity contribution in [3.63, 3.8) is 0 Å². The monoisotopic (exact) mass is 257 g/mol. The molecule has 0 N–H and O–H groups in total. The van der Waals surface area contributed by atoms with E-state index < -0.39 is 0 Å². The van der Waals surface area contributed by atoms with Gasteiger partial charge in [0.05, 0.1) is 36.1 Å². The Labute approximate surface area is 103 Å². The van der Waals surface area contributed by atoms with Crippen LogP contribution in [0.2, 0.25) is 5.02 Å². The van der Waals surface area contributed by atoms with Crippen LogP contribution in [0, 0.1) is 0 Å². The Hall–Kier alpha value is -1.03. The predicted molar refractivity (Wildman–Crippen MR) is 63.9 cm³/mol. The molecule has 3 nitrogen and oxygen atoms in total. The topological polar surface area (TPSA) is 31.4 Å². The van der Waals surface area contributed by atoms with E-state index in [9.17, 15) is 0 Å². The molecule has 1 aromatic carbocycles. The minimum absolute atomic E-state index is 0.256. The summed E-state index contributed by atoms with van der Waals surface area (Å²) in [6.07, 6.45) is 1.65. The van der Waals surface area contributed by atoms with E-state index in [4.69, 9.17) is 28.2 Å². The molecule has 5 heteroatoms. The van der Waals surface area contributed by atoms with Gasteiger partial charge < -0.3 is 4.74 Å². The van der Waals surface area contributed by atoms with Crippen molar-refractivity contribution in [3.05, 3.63) is 35.0 Å².